The summed E-state index contributed by atoms with van der Waals surface area (Å²) >= 11 is 3.92. The quantitative estimate of drug-likeness (QED) is 0.0947. The Bertz CT molecular complexity index is 777. The van der Waals surface area contributed by atoms with Crippen molar-refractivity contribution >= 4 is 54.2 Å². The first-order valence-corrected chi connectivity index (χ1v) is 10.1. The second-order valence-corrected chi connectivity index (χ2v) is 7.21. The number of carboxylic acids is 3. The fourth-order valence-corrected chi connectivity index (χ4v) is 2.64. The van der Waals surface area contributed by atoms with Gasteiger partial charge in [-0.25, -0.2) is 4.79 Å². The Morgan fingerprint density at radius 3 is 1.67 bits per heavy atom. The van der Waals surface area contributed by atoms with E-state index in [4.69, 9.17) is 26.8 Å². The average molecular weight is 493 g/mol. The van der Waals surface area contributed by atoms with E-state index >= 15 is 0 Å². The van der Waals surface area contributed by atoms with Gasteiger partial charge in [0, 0.05) is 18.6 Å². The number of hydrogen-bond donors (Lipinski definition) is 9. The Labute approximate surface area is 193 Å². The van der Waals surface area contributed by atoms with Gasteiger partial charge in [0.15, 0.2) is 0 Å². The zero-order valence-corrected chi connectivity index (χ0v) is 18.2. The summed E-state index contributed by atoms with van der Waals surface area (Å²) in [6.07, 6.45) is -2.34. The lowest BCUT2D eigenvalue weighted by Gasteiger charge is -2.24. The molecule has 4 atom stereocenters. The molecule has 0 bridgehead atoms. The maximum absolute atomic E-state index is 12.6. The summed E-state index contributed by atoms with van der Waals surface area (Å²) in [5.41, 5.74) is 10.4. The molecule has 16 heteroatoms. The van der Waals surface area contributed by atoms with Gasteiger partial charge < -0.3 is 42.7 Å². The first-order valence-electron chi connectivity index (χ1n) is 9.50. The van der Waals surface area contributed by atoms with Crippen LogP contribution in [0.25, 0.3) is 0 Å². The van der Waals surface area contributed by atoms with Gasteiger partial charge in [-0.2, -0.15) is 12.6 Å². The summed E-state index contributed by atoms with van der Waals surface area (Å²) in [5.74, 6) is -8.23. The first-order chi connectivity index (χ1) is 15.3. The molecule has 0 aromatic rings. The van der Waals surface area contributed by atoms with Crippen LogP contribution in [0.1, 0.15) is 32.1 Å². The van der Waals surface area contributed by atoms with Crippen LogP contribution < -0.4 is 27.4 Å². The molecule has 0 aliphatic rings. The van der Waals surface area contributed by atoms with Crippen molar-refractivity contribution in [2.45, 2.75) is 56.3 Å². The molecule has 33 heavy (non-hydrogen) atoms. The van der Waals surface area contributed by atoms with Crippen LogP contribution in [0, 0.1) is 0 Å². The minimum Gasteiger partial charge on any atom is -0.481 e. The van der Waals surface area contributed by atoms with Crippen molar-refractivity contribution in [2.24, 2.45) is 11.5 Å². The maximum atomic E-state index is 12.6. The largest absolute Gasteiger partial charge is 0.481 e. The summed E-state index contributed by atoms with van der Waals surface area (Å²) in [7, 11) is 0. The second-order valence-electron chi connectivity index (χ2n) is 6.85. The van der Waals surface area contributed by atoms with Crippen molar-refractivity contribution < 1.29 is 48.9 Å². The molecule has 0 rings (SSSR count). The molecule has 15 nitrogen and oxygen atoms in total. The van der Waals surface area contributed by atoms with Crippen molar-refractivity contribution in [1.29, 1.82) is 0 Å². The Kier molecular flexibility index (Phi) is 13.1. The molecule has 0 heterocycles. The number of carboxylic acid groups (broad SMARTS) is 3. The van der Waals surface area contributed by atoms with Gasteiger partial charge in [-0.3, -0.25) is 28.8 Å². The fraction of sp³-hybridized carbons (Fsp3) is 0.588. The minimum atomic E-state index is -1.52. The highest BCUT2D eigenvalue weighted by molar-refractivity contribution is 7.80. The van der Waals surface area contributed by atoms with Gasteiger partial charge in [-0.05, 0) is 12.8 Å². The van der Waals surface area contributed by atoms with Gasteiger partial charge in [0.2, 0.25) is 23.6 Å². The Balaban J connectivity index is 5.31. The summed E-state index contributed by atoms with van der Waals surface area (Å²) < 4.78 is 0. The van der Waals surface area contributed by atoms with Crippen LogP contribution in [-0.2, 0) is 33.6 Å². The van der Waals surface area contributed by atoms with Gasteiger partial charge in [0.25, 0.3) is 0 Å². The van der Waals surface area contributed by atoms with Crippen LogP contribution in [0.5, 0.6) is 0 Å². The molecule has 186 valence electrons. The molecule has 0 aliphatic carbocycles. The normalized spacial score (nSPS) is 14.1. The van der Waals surface area contributed by atoms with E-state index < -0.39 is 85.0 Å². The SMILES string of the molecule is NC(=O)CCC(NC(=O)C(CS)NC(=O)C(CCC(=O)O)NC(=O)C(N)CC(=O)O)C(=O)O. The van der Waals surface area contributed by atoms with Gasteiger partial charge in [0.05, 0.1) is 12.5 Å². The summed E-state index contributed by atoms with van der Waals surface area (Å²) in [5, 5.41) is 33.2. The molecule has 10 N–H and O–H groups in total. The summed E-state index contributed by atoms with van der Waals surface area (Å²) in [6.45, 7) is 0. The molecule has 4 unspecified atom stereocenters. The van der Waals surface area contributed by atoms with Gasteiger partial charge in [-0.15, -0.1) is 0 Å². The summed E-state index contributed by atoms with van der Waals surface area (Å²) in [4.78, 5) is 80.7. The van der Waals surface area contributed by atoms with Crippen LogP contribution in [-0.4, -0.2) is 86.8 Å². The third kappa shape index (κ3) is 12.3. The molecule has 0 aliphatic heterocycles. The molecule has 0 saturated carbocycles. The van der Waals surface area contributed by atoms with Crippen LogP contribution in [0.4, 0.5) is 0 Å². The number of amides is 4. The summed E-state index contributed by atoms with van der Waals surface area (Å²) in [6, 6.07) is -5.89. The Morgan fingerprint density at radius 2 is 1.21 bits per heavy atom. The van der Waals surface area contributed by atoms with Crippen LogP contribution in [0.3, 0.4) is 0 Å². The zero-order valence-electron chi connectivity index (χ0n) is 17.4. The van der Waals surface area contributed by atoms with E-state index in [0.29, 0.717) is 0 Å². The van der Waals surface area contributed by atoms with E-state index in [2.05, 4.69) is 28.6 Å². The molecule has 4 amide bonds. The zero-order chi connectivity index (χ0) is 25.7. The van der Waals surface area contributed by atoms with Crippen molar-refractivity contribution in [3.63, 3.8) is 0 Å². The van der Waals surface area contributed by atoms with E-state index in [9.17, 15) is 33.6 Å². The highest BCUT2D eigenvalue weighted by Gasteiger charge is 2.30. The number of carbonyl (C=O) groups is 7. The van der Waals surface area contributed by atoms with E-state index in [1.807, 2.05) is 0 Å². The monoisotopic (exact) mass is 493 g/mol. The average Bonchev–Trinajstić information content (AvgIpc) is 2.70. The number of primary amides is 1. The standard InChI is InChI=1S/C17H27N5O10S/c18-7(5-13(26)27)14(28)20-8(2-4-12(24)25)15(29)22-10(6-33)16(30)21-9(17(31)32)1-3-11(19)23/h7-10,33H,1-6,18H2,(H2,19,23)(H,20,28)(H,21,30)(H,22,29)(H,24,25)(H,26,27)(H,31,32). The lowest BCUT2D eigenvalue weighted by Crippen LogP contribution is -2.57. The third-order valence-electron chi connectivity index (χ3n) is 4.12. The number of rotatable bonds is 16. The van der Waals surface area contributed by atoms with Crippen LogP contribution >= 0.6 is 12.6 Å². The van der Waals surface area contributed by atoms with E-state index in [1.54, 1.807) is 0 Å². The lowest BCUT2D eigenvalue weighted by molar-refractivity contribution is -0.142. The van der Waals surface area contributed by atoms with E-state index in [-0.39, 0.29) is 18.6 Å². The number of nitrogens with one attached hydrogen (secondary N) is 3. The number of hydrogen-bond acceptors (Lipinski definition) is 9. The van der Waals surface area contributed by atoms with E-state index in [1.165, 1.54) is 0 Å². The predicted molar refractivity (Wildman–Crippen MR) is 113 cm³/mol. The first kappa shape index (κ1) is 29.6. The van der Waals surface area contributed by atoms with Crippen molar-refractivity contribution in [2.75, 3.05) is 5.75 Å². The van der Waals surface area contributed by atoms with Gasteiger partial charge in [0.1, 0.15) is 18.1 Å². The lowest BCUT2D eigenvalue weighted by atomic mass is 10.1. The Hall–Kier alpha value is -3.40. The van der Waals surface area contributed by atoms with Crippen molar-refractivity contribution in [3.8, 4) is 0 Å². The maximum Gasteiger partial charge on any atom is 0.326 e. The third-order valence-corrected chi connectivity index (χ3v) is 4.49. The fourth-order valence-electron chi connectivity index (χ4n) is 2.38. The molecule has 0 saturated heterocycles. The molecule has 0 aromatic carbocycles. The van der Waals surface area contributed by atoms with Crippen LogP contribution in [0.2, 0.25) is 0 Å². The van der Waals surface area contributed by atoms with Crippen LogP contribution in [0.15, 0.2) is 0 Å². The molecule has 0 aromatic heterocycles. The van der Waals surface area contributed by atoms with Gasteiger partial charge in [-0.1, -0.05) is 0 Å². The Morgan fingerprint density at radius 1 is 0.727 bits per heavy atom. The second kappa shape index (κ2) is 14.6. The predicted octanol–water partition coefficient (Wildman–Crippen LogP) is -3.61. The van der Waals surface area contributed by atoms with Gasteiger partial charge >= 0.3 is 17.9 Å². The number of nitrogens with two attached hydrogens (primary N) is 2. The highest BCUT2D eigenvalue weighted by atomic mass is 32.1. The molecular weight excluding hydrogens is 466 g/mol. The number of carbonyl (C=O) groups excluding carboxylic acids is 4. The molecule has 0 spiro atoms. The van der Waals surface area contributed by atoms with E-state index in [0.717, 1.165) is 0 Å². The topological polar surface area (TPSA) is 268 Å². The van der Waals surface area contributed by atoms with Crippen molar-refractivity contribution in [3.05, 3.63) is 0 Å². The molecular formula is C17H27N5O10S. The molecule has 0 radical (unpaired) electrons. The minimum absolute atomic E-state index is 0.303. The van der Waals surface area contributed by atoms with Crippen molar-refractivity contribution in [1.82, 2.24) is 16.0 Å². The highest BCUT2D eigenvalue weighted by Crippen LogP contribution is 2.03. The molecule has 0 fully saturated rings. The number of thiol groups is 1. The number of aliphatic carboxylic acids is 3. The smallest absolute Gasteiger partial charge is 0.326 e.